The average Bonchev–Trinajstić information content (AvgIpc) is 3.02. The third-order valence-corrected chi connectivity index (χ3v) is 6.47. The summed E-state index contributed by atoms with van der Waals surface area (Å²) in [5.74, 6) is 0. The molecule has 1 heterocycles. The summed E-state index contributed by atoms with van der Waals surface area (Å²) >= 11 is 0. The number of hydrogen-bond acceptors (Lipinski definition) is 3. The summed E-state index contributed by atoms with van der Waals surface area (Å²) in [6.45, 7) is 2.87. The minimum Gasteiger partial charge on any atom is -0.299 e. The van der Waals surface area contributed by atoms with Crippen LogP contribution < -0.4 is 0 Å². The smallest absolute Gasteiger partial charge is 0.270 e. The topological polar surface area (TPSA) is 46.4 Å². The predicted octanol–water partition coefficient (Wildman–Crippen LogP) is 6.69. The first-order chi connectivity index (χ1) is 16.2. The molecule has 3 aromatic carbocycles. The van der Waals surface area contributed by atoms with Crippen LogP contribution >= 0.6 is 0 Å². The van der Waals surface area contributed by atoms with Gasteiger partial charge in [0.25, 0.3) is 5.69 Å². The van der Waals surface area contributed by atoms with Gasteiger partial charge in [0.05, 0.1) is 4.92 Å². The monoisotopic (exact) mass is 434 g/mol. The highest BCUT2D eigenvalue weighted by Crippen LogP contribution is 2.38. The van der Waals surface area contributed by atoms with Gasteiger partial charge < -0.3 is 0 Å². The molecule has 0 saturated carbocycles. The summed E-state index contributed by atoms with van der Waals surface area (Å²) in [5, 5.41) is 11.0. The predicted molar refractivity (Wildman–Crippen MR) is 136 cm³/mol. The fraction of sp³-hybridized carbons (Fsp3) is 0.172. The fourth-order valence-electron chi connectivity index (χ4n) is 4.78. The molecule has 0 bridgehead atoms. The van der Waals surface area contributed by atoms with Crippen LogP contribution in [-0.4, -0.2) is 29.5 Å². The van der Waals surface area contributed by atoms with Crippen LogP contribution in [0.1, 0.15) is 40.7 Å². The lowest BCUT2D eigenvalue weighted by Crippen LogP contribution is -2.31. The van der Waals surface area contributed by atoms with Gasteiger partial charge in [-0.1, -0.05) is 90.5 Å². The summed E-state index contributed by atoms with van der Waals surface area (Å²) in [6.07, 6.45) is 10.6. The Balaban J connectivity index is 1.34. The van der Waals surface area contributed by atoms with Crippen LogP contribution in [0.3, 0.4) is 0 Å². The van der Waals surface area contributed by atoms with Gasteiger partial charge in [-0.2, -0.15) is 0 Å². The van der Waals surface area contributed by atoms with Gasteiger partial charge in [0.2, 0.25) is 0 Å². The van der Waals surface area contributed by atoms with Crippen LogP contribution in [0.5, 0.6) is 0 Å². The van der Waals surface area contributed by atoms with E-state index in [1.807, 2.05) is 12.1 Å². The molecule has 164 valence electrons. The second kappa shape index (κ2) is 9.39. The molecule has 33 heavy (non-hydrogen) atoms. The van der Waals surface area contributed by atoms with Crippen LogP contribution in [0.25, 0.3) is 23.8 Å². The summed E-state index contributed by atoms with van der Waals surface area (Å²) < 4.78 is 0. The molecule has 4 nitrogen and oxygen atoms in total. The molecular formula is C29H26N2O2. The van der Waals surface area contributed by atoms with Crippen molar-refractivity contribution in [2.75, 3.05) is 19.6 Å². The van der Waals surface area contributed by atoms with E-state index in [0.717, 1.165) is 38.0 Å². The molecule has 1 aliphatic carbocycles. The maximum atomic E-state index is 11.0. The molecule has 5 rings (SSSR count). The summed E-state index contributed by atoms with van der Waals surface area (Å²) in [6, 6.07) is 24.2. The van der Waals surface area contributed by atoms with Crippen LogP contribution in [0.2, 0.25) is 0 Å². The van der Waals surface area contributed by atoms with E-state index in [1.54, 1.807) is 12.1 Å². The Morgan fingerprint density at radius 2 is 1.48 bits per heavy atom. The van der Waals surface area contributed by atoms with E-state index >= 15 is 0 Å². The van der Waals surface area contributed by atoms with Crippen LogP contribution in [0, 0.1) is 10.1 Å². The van der Waals surface area contributed by atoms with E-state index in [1.165, 1.54) is 39.5 Å². The number of rotatable bonds is 4. The molecule has 0 aromatic heterocycles. The van der Waals surface area contributed by atoms with Gasteiger partial charge in [0, 0.05) is 31.8 Å². The minimum absolute atomic E-state index is 0.129. The molecule has 0 radical (unpaired) electrons. The van der Waals surface area contributed by atoms with E-state index in [9.17, 15) is 10.1 Å². The summed E-state index contributed by atoms with van der Waals surface area (Å²) in [5.41, 5.74) is 9.13. The normalized spacial score (nSPS) is 15.9. The number of nitrogens with zero attached hydrogens (tertiary/aromatic N) is 2. The average molecular weight is 435 g/mol. The third-order valence-electron chi connectivity index (χ3n) is 6.47. The lowest BCUT2D eigenvalue weighted by Gasteiger charge is -2.29. The van der Waals surface area contributed by atoms with Gasteiger partial charge in [-0.25, -0.2) is 0 Å². The number of fused-ring (bicyclic) bond motifs is 2. The fourth-order valence-corrected chi connectivity index (χ4v) is 4.78. The second-order valence-corrected chi connectivity index (χ2v) is 8.54. The summed E-state index contributed by atoms with van der Waals surface area (Å²) in [7, 11) is 0. The Morgan fingerprint density at radius 1 is 0.848 bits per heavy atom. The maximum Gasteiger partial charge on any atom is 0.270 e. The molecule has 0 atom stereocenters. The lowest BCUT2D eigenvalue weighted by molar-refractivity contribution is -0.384. The van der Waals surface area contributed by atoms with Gasteiger partial charge in [-0.3, -0.25) is 15.0 Å². The number of likely N-dealkylation sites (tertiary alicyclic amines) is 1. The van der Waals surface area contributed by atoms with Crippen LogP contribution in [-0.2, 0) is 0 Å². The van der Waals surface area contributed by atoms with Crippen molar-refractivity contribution < 1.29 is 4.92 Å². The zero-order valence-electron chi connectivity index (χ0n) is 18.5. The highest BCUT2D eigenvalue weighted by atomic mass is 16.6. The number of nitro groups is 1. The van der Waals surface area contributed by atoms with Crippen molar-refractivity contribution in [3.05, 3.63) is 122 Å². The van der Waals surface area contributed by atoms with Crippen molar-refractivity contribution >= 4 is 29.5 Å². The molecule has 2 aliphatic rings. The first kappa shape index (κ1) is 21.1. The van der Waals surface area contributed by atoms with Crippen molar-refractivity contribution in [3.63, 3.8) is 0 Å². The molecule has 0 amide bonds. The largest absolute Gasteiger partial charge is 0.299 e. The Labute approximate surface area is 194 Å². The molecular weight excluding hydrogens is 408 g/mol. The number of hydrogen-bond donors (Lipinski definition) is 0. The third kappa shape index (κ3) is 4.57. The Morgan fingerprint density at radius 3 is 2.12 bits per heavy atom. The number of non-ortho nitro benzene ring substituents is 1. The number of piperidine rings is 1. The van der Waals surface area contributed by atoms with Crippen molar-refractivity contribution in [2.24, 2.45) is 0 Å². The van der Waals surface area contributed by atoms with Crippen molar-refractivity contribution in [1.82, 2.24) is 4.90 Å². The maximum absolute atomic E-state index is 11.0. The van der Waals surface area contributed by atoms with E-state index in [2.05, 4.69) is 71.7 Å². The van der Waals surface area contributed by atoms with Gasteiger partial charge >= 0.3 is 0 Å². The Kier molecular flexibility index (Phi) is 6.01. The molecule has 3 aromatic rings. The minimum atomic E-state index is -0.351. The molecule has 1 saturated heterocycles. The van der Waals surface area contributed by atoms with Gasteiger partial charge in [0.1, 0.15) is 0 Å². The van der Waals surface area contributed by atoms with E-state index in [-0.39, 0.29) is 10.6 Å². The van der Waals surface area contributed by atoms with Crippen LogP contribution in [0.4, 0.5) is 5.69 Å². The standard InChI is InChI=1S/C29H26N2O2/c32-31(33)26-11-5-7-22(21-26)8-6-18-30-19-16-25(17-20-30)29-27-12-3-1-9-23(27)14-15-24-10-2-4-13-28(24)29/h1-15,21H,16-20H2/b8-6+. The highest BCUT2D eigenvalue weighted by Gasteiger charge is 2.22. The lowest BCUT2D eigenvalue weighted by atomic mass is 9.86. The molecule has 1 fully saturated rings. The first-order valence-electron chi connectivity index (χ1n) is 11.4. The van der Waals surface area contributed by atoms with Crippen molar-refractivity contribution in [2.45, 2.75) is 12.8 Å². The van der Waals surface area contributed by atoms with Gasteiger partial charge in [-0.15, -0.1) is 0 Å². The van der Waals surface area contributed by atoms with Gasteiger partial charge in [-0.05, 0) is 46.2 Å². The van der Waals surface area contributed by atoms with Crippen molar-refractivity contribution in [3.8, 4) is 0 Å². The van der Waals surface area contributed by atoms with E-state index in [0.29, 0.717) is 0 Å². The molecule has 4 heteroatoms. The number of nitro benzene ring substituents is 1. The quantitative estimate of drug-likeness (QED) is 0.265. The Hall–Kier alpha value is -3.76. The van der Waals surface area contributed by atoms with E-state index < -0.39 is 0 Å². The van der Waals surface area contributed by atoms with Crippen LogP contribution in [0.15, 0.2) is 84.4 Å². The van der Waals surface area contributed by atoms with Crippen molar-refractivity contribution in [1.29, 1.82) is 0 Å². The van der Waals surface area contributed by atoms with E-state index in [4.69, 9.17) is 0 Å². The molecule has 0 unspecified atom stereocenters. The molecule has 1 aliphatic heterocycles. The first-order valence-corrected chi connectivity index (χ1v) is 11.4. The highest BCUT2D eigenvalue weighted by molar-refractivity contribution is 5.94. The second-order valence-electron chi connectivity index (χ2n) is 8.54. The zero-order chi connectivity index (χ0) is 22.6. The Bertz CT molecular complexity index is 1220. The zero-order valence-corrected chi connectivity index (χ0v) is 18.5. The number of benzene rings is 3. The molecule has 0 spiro atoms. The SMILES string of the molecule is O=[N+]([O-])c1cccc(/C=C/CN2CCC(=C3c4ccccc4C=Cc4ccccc43)CC2)c1. The molecule has 0 N–H and O–H groups in total. The summed E-state index contributed by atoms with van der Waals surface area (Å²) in [4.78, 5) is 13.1. The van der Waals surface area contributed by atoms with Gasteiger partial charge in [0.15, 0.2) is 0 Å².